The van der Waals surface area contributed by atoms with Gasteiger partial charge < -0.3 is 9.47 Å². The fourth-order valence-corrected chi connectivity index (χ4v) is 9.58. The van der Waals surface area contributed by atoms with Crippen LogP contribution in [0.5, 0.6) is 0 Å². The molecule has 9 atom stereocenters. The van der Waals surface area contributed by atoms with Crippen LogP contribution in [0.4, 0.5) is 30.7 Å². The molecular weight excluding hydrogens is 549 g/mol. The summed E-state index contributed by atoms with van der Waals surface area (Å²) in [4.78, 5) is 0. The van der Waals surface area contributed by atoms with E-state index in [9.17, 15) is 30.7 Å². The van der Waals surface area contributed by atoms with Crippen LogP contribution >= 0.6 is 0 Å². The minimum atomic E-state index is -6.29. The molecule has 41 heavy (non-hydrogen) atoms. The van der Waals surface area contributed by atoms with Gasteiger partial charge in [0.05, 0.1) is 6.10 Å². The quantitative estimate of drug-likeness (QED) is 0.216. The van der Waals surface area contributed by atoms with Gasteiger partial charge in [0.25, 0.3) is 0 Å². The molecular formula is C32H45F7O2. The minimum absolute atomic E-state index is 0.0102. The molecule has 3 saturated carbocycles. The maximum Gasteiger partial charge on any atom is 0.459 e. The molecule has 0 aromatic carbocycles. The molecule has 0 amide bonds. The molecule has 5 rings (SSSR count). The molecule has 0 N–H and O–H groups in total. The summed E-state index contributed by atoms with van der Waals surface area (Å²) in [5.41, 5.74) is 1.66. The van der Waals surface area contributed by atoms with Crippen molar-refractivity contribution in [2.45, 2.75) is 128 Å². The minimum Gasteiger partial charge on any atom is -0.353 e. The second kappa shape index (κ2) is 11.1. The fraction of sp³-hybridized carbons (Fsp3) is 0.875. The Morgan fingerprint density at radius 2 is 1.73 bits per heavy atom. The molecule has 4 fully saturated rings. The zero-order valence-corrected chi connectivity index (χ0v) is 24.4. The Labute approximate surface area is 239 Å². The average molecular weight is 595 g/mol. The number of hydrogen-bond donors (Lipinski definition) is 0. The predicted octanol–water partition coefficient (Wildman–Crippen LogP) is 9.89. The van der Waals surface area contributed by atoms with Crippen molar-refractivity contribution in [1.29, 1.82) is 0 Å². The summed E-state index contributed by atoms with van der Waals surface area (Å²) < 4.78 is 104. The maximum absolute atomic E-state index is 13.8. The highest BCUT2D eigenvalue weighted by Crippen LogP contribution is 2.67. The van der Waals surface area contributed by atoms with Gasteiger partial charge in [0.15, 0.2) is 6.29 Å². The first-order chi connectivity index (χ1) is 19.1. The summed E-state index contributed by atoms with van der Waals surface area (Å²) in [5.74, 6) is -9.64. The Balaban J connectivity index is 1.23. The summed E-state index contributed by atoms with van der Waals surface area (Å²) >= 11 is 0. The monoisotopic (exact) mass is 594 g/mol. The van der Waals surface area contributed by atoms with E-state index in [0.717, 1.165) is 83.3 Å². The predicted molar refractivity (Wildman–Crippen MR) is 143 cm³/mol. The molecule has 4 aliphatic carbocycles. The van der Waals surface area contributed by atoms with E-state index in [1.807, 2.05) is 6.92 Å². The lowest BCUT2D eigenvalue weighted by atomic mass is 9.47. The molecule has 0 aromatic heterocycles. The first-order valence-corrected chi connectivity index (χ1v) is 15.6. The number of ether oxygens (including phenoxy) is 2. The molecule has 1 heterocycles. The zero-order chi connectivity index (χ0) is 29.8. The summed E-state index contributed by atoms with van der Waals surface area (Å²) in [6.45, 7) is 7.38. The third kappa shape index (κ3) is 5.53. The Hall–Kier alpha value is -1.09. The molecule has 1 aliphatic heterocycles. The van der Waals surface area contributed by atoms with E-state index < -0.39 is 24.4 Å². The van der Waals surface area contributed by atoms with Gasteiger partial charge in [-0.1, -0.05) is 44.6 Å². The van der Waals surface area contributed by atoms with Crippen LogP contribution < -0.4 is 0 Å². The Morgan fingerprint density at radius 1 is 0.976 bits per heavy atom. The third-order valence-corrected chi connectivity index (χ3v) is 11.9. The van der Waals surface area contributed by atoms with Gasteiger partial charge in [-0.25, -0.2) is 0 Å². The Bertz CT molecular complexity index is 1000. The number of halogens is 7. The van der Waals surface area contributed by atoms with Crippen LogP contribution in [0.25, 0.3) is 0 Å². The summed E-state index contributed by atoms with van der Waals surface area (Å²) in [6.07, 6.45) is 8.33. The Kier molecular flexibility index (Phi) is 8.50. The Morgan fingerprint density at radius 3 is 2.41 bits per heavy atom. The standard InChI is InChI=1S/C32H45F7O2/c1-20(7-6-15-30(33,34)31(35,36)32(37,38)39)24-11-12-25-23-10-9-21-19-22(41-27-8-4-5-18-40-27)13-16-28(21,2)26(23)14-17-29(24,25)3/h6-7,9,20,22-27H,4-5,8,10-19H2,1-3H3/b7-6+/t20-,22-,23-,24+,25-,26-,27?,28-,29+/m0/s1. The molecule has 9 heteroatoms. The molecule has 1 saturated heterocycles. The number of hydrogen-bond acceptors (Lipinski definition) is 2. The van der Waals surface area contributed by atoms with Gasteiger partial charge in [-0.15, -0.1) is 0 Å². The van der Waals surface area contributed by atoms with Gasteiger partial charge >= 0.3 is 18.0 Å². The van der Waals surface area contributed by atoms with Crippen LogP contribution in [-0.2, 0) is 9.47 Å². The van der Waals surface area contributed by atoms with Crippen LogP contribution in [0.1, 0.15) is 97.8 Å². The first kappa shape index (κ1) is 31.3. The number of fused-ring (bicyclic) bond motifs is 5. The molecule has 5 aliphatic rings. The molecule has 0 bridgehead atoms. The van der Waals surface area contributed by atoms with Gasteiger partial charge in [0, 0.05) is 13.0 Å². The number of alkyl halides is 7. The average Bonchev–Trinajstić information content (AvgIpc) is 3.26. The van der Waals surface area contributed by atoms with E-state index in [1.54, 1.807) is 0 Å². The van der Waals surface area contributed by atoms with E-state index in [-0.39, 0.29) is 35.1 Å². The van der Waals surface area contributed by atoms with Crippen molar-refractivity contribution < 1.29 is 40.2 Å². The normalized spacial score (nSPS) is 41.0. The van der Waals surface area contributed by atoms with Gasteiger partial charge in [-0.2, -0.15) is 30.7 Å². The highest BCUT2D eigenvalue weighted by Gasteiger charge is 2.72. The van der Waals surface area contributed by atoms with Gasteiger partial charge in [-0.05, 0) is 111 Å². The topological polar surface area (TPSA) is 18.5 Å². The first-order valence-electron chi connectivity index (χ1n) is 15.6. The zero-order valence-electron chi connectivity index (χ0n) is 24.4. The molecule has 0 radical (unpaired) electrons. The van der Waals surface area contributed by atoms with E-state index >= 15 is 0 Å². The van der Waals surface area contributed by atoms with Crippen LogP contribution in [0, 0.1) is 40.4 Å². The fourth-order valence-electron chi connectivity index (χ4n) is 9.58. The largest absolute Gasteiger partial charge is 0.459 e. The van der Waals surface area contributed by atoms with Crippen LogP contribution in [0.15, 0.2) is 23.8 Å². The van der Waals surface area contributed by atoms with Crippen molar-refractivity contribution in [2.24, 2.45) is 40.4 Å². The van der Waals surface area contributed by atoms with Crippen molar-refractivity contribution in [1.82, 2.24) is 0 Å². The van der Waals surface area contributed by atoms with Crippen molar-refractivity contribution in [3.05, 3.63) is 23.8 Å². The lowest BCUT2D eigenvalue weighted by molar-refractivity contribution is -0.353. The van der Waals surface area contributed by atoms with E-state index in [4.69, 9.17) is 9.47 Å². The van der Waals surface area contributed by atoms with Crippen LogP contribution in [-0.4, -0.2) is 37.0 Å². The van der Waals surface area contributed by atoms with Gasteiger partial charge in [0.2, 0.25) is 0 Å². The maximum atomic E-state index is 13.8. The third-order valence-electron chi connectivity index (χ3n) is 11.9. The number of allylic oxidation sites excluding steroid dienone is 3. The van der Waals surface area contributed by atoms with E-state index in [2.05, 4.69) is 19.9 Å². The van der Waals surface area contributed by atoms with E-state index in [1.165, 1.54) is 11.6 Å². The lowest BCUT2D eigenvalue weighted by Gasteiger charge is -2.58. The number of rotatable bonds is 7. The van der Waals surface area contributed by atoms with Crippen molar-refractivity contribution in [3.63, 3.8) is 0 Å². The smallest absolute Gasteiger partial charge is 0.353 e. The summed E-state index contributed by atoms with van der Waals surface area (Å²) in [5, 5.41) is 0. The molecule has 234 valence electrons. The summed E-state index contributed by atoms with van der Waals surface area (Å²) in [6, 6.07) is 0. The van der Waals surface area contributed by atoms with Crippen LogP contribution in [0.3, 0.4) is 0 Å². The lowest BCUT2D eigenvalue weighted by Crippen LogP contribution is -2.51. The summed E-state index contributed by atoms with van der Waals surface area (Å²) in [7, 11) is 0. The molecule has 1 unspecified atom stereocenters. The molecule has 0 aromatic rings. The highest BCUT2D eigenvalue weighted by atomic mass is 19.4. The van der Waals surface area contributed by atoms with Crippen molar-refractivity contribution in [3.8, 4) is 0 Å². The van der Waals surface area contributed by atoms with Gasteiger partial charge in [0.1, 0.15) is 0 Å². The second-order valence-corrected chi connectivity index (χ2v) is 14.1. The van der Waals surface area contributed by atoms with Crippen LogP contribution in [0.2, 0.25) is 0 Å². The SMILES string of the molecule is C[C@@H](/C=C/CC(F)(F)C(F)(F)C(F)(F)F)[C@H]1CC[C@H]2[C@@H]3CC=C4C[C@@H](OC5CCCCO5)CC[C@]4(C)[C@H]3CC[C@]12C. The highest BCUT2D eigenvalue weighted by molar-refractivity contribution is 5.25. The van der Waals surface area contributed by atoms with Crippen molar-refractivity contribution in [2.75, 3.05) is 6.61 Å². The van der Waals surface area contributed by atoms with Gasteiger partial charge in [-0.3, -0.25) is 0 Å². The van der Waals surface area contributed by atoms with Crippen molar-refractivity contribution >= 4 is 0 Å². The van der Waals surface area contributed by atoms with E-state index in [0.29, 0.717) is 17.8 Å². The second-order valence-electron chi connectivity index (χ2n) is 14.1. The molecule has 0 spiro atoms. The molecule has 2 nitrogen and oxygen atoms in total.